The molecule has 0 aromatic heterocycles. The molecule has 1 amide bonds. The zero-order valence-electron chi connectivity index (χ0n) is 11.0. The molecule has 0 rings (SSSR count). The van der Waals surface area contributed by atoms with Crippen LogP contribution in [0.2, 0.25) is 0 Å². The molecule has 0 aliphatic rings. The first-order valence-electron chi connectivity index (χ1n) is 5.71. The molecule has 17 heavy (non-hydrogen) atoms. The predicted octanol–water partition coefficient (Wildman–Crippen LogP) is 0.334. The molecule has 1 atom stereocenters. The molecule has 102 valence electrons. The normalized spacial score (nSPS) is 14.4. The highest BCUT2D eigenvalue weighted by Crippen LogP contribution is 2.15. The molecule has 0 aromatic rings. The third-order valence-corrected chi connectivity index (χ3v) is 4.98. The highest BCUT2D eigenvalue weighted by atomic mass is 32.2. The first kappa shape index (κ1) is 16.4. The lowest BCUT2D eigenvalue weighted by molar-refractivity contribution is -0.122. The predicted molar refractivity (Wildman–Crippen MR) is 67.4 cm³/mol. The summed E-state index contributed by atoms with van der Waals surface area (Å²) < 4.78 is 21.4. The first-order chi connectivity index (χ1) is 7.63. The Morgan fingerprint density at radius 3 is 2.35 bits per heavy atom. The Morgan fingerprint density at radius 2 is 1.94 bits per heavy atom. The third kappa shape index (κ3) is 5.04. The Hall–Kier alpha value is -0.620. The van der Waals surface area contributed by atoms with Gasteiger partial charge in [0.1, 0.15) is 4.75 Å². The minimum absolute atomic E-state index is 0.128. The Labute approximate surface area is 104 Å². The lowest BCUT2D eigenvalue weighted by atomic mass is 10.1. The standard InChI is InChI=1S/C11H23NO4S/c1-9(8-13)6-5-7-12-10(14)11(2,3)17(4,15)16/h9,13H,5-8H2,1-4H3,(H,12,14). The topological polar surface area (TPSA) is 83.5 Å². The molecule has 0 spiro atoms. The Kier molecular flexibility index (Phi) is 6.12. The van der Waals surface area contributed by atoms with E-state index in [1.54, 1.807) is 0 Å². The summed E-state index contributed by atoms with van der Waals surface area (Å²) in [5.74, 6) is -0.272. The van der Waals surface area contributed by atoms with Gasteiger partial charge in [-0.1, -0.05) is 6.92 Å². The summed E-state index contributed by atoms with van der Waals surface area (Å²) in [6, 6.07) is 0. The molecule has 0 aliphatic heterocycles. The SMILES string of the molecule is CC(CO)CCCNC(=O)C(C)(C)S(C)(=O)=O. The van der Waals surface area contributed by atoms with Crippen molar-refractivity contribution < 1.29 is 18.3 Å². The van der Waals surface area contributed by atoms with E-state index in [2.05, 4.69) is 5.32 Å². The summed E-state index contributed by atoms with van der Waals surface area (Å²) in [6.45, 7) is 5.27. The second-order valence-electron chi connectivity index (χ2n) is 4.97. The number of hydrogen-bond acceptors (Lipinski definition) is 4. The maximum Gasteiger partial charge on any atom is 0.240 e. The van der Waals surface area contributed by atoms with Crippen molar-refractivity contribution in [2.45, 2.75) is 38.4 Å². The van der Waals surface area contributed by atoms with E-state index in [1.165, 1.54) is 13.8 Å². The second kappa shape index (κ2) is 6.35. The van der Waals surface area contributed by atoms with Crippen molar-refractivity contribution in [3.05, 3.63) is 0 Å². The summed E-state index contributed by atoms with van der Waals surface area (Å²) in [6.07, 6.45) is 2.59. The molecule has 0 aromatic carbocycles. The Morgan fingerprint density at radius 1 is 1.41 bits per heavy atom. The van der Waals surface area contributed by atoms with Gasteiger partial charge in [-0.2, -0.15) is 0 Å². The lowest BCUT2D eigenvalue weighted by Gasteiger charge is -2.21. The van der Waals surface area contributed by atoms with Crippen molar-refractivity contribution in [2.24, 2.45) is 5.92 Å². The van der Waals surface area contributed by atoms with Crippen molar-refractivity contribution in [2.75, 3.05) is 19.4 Å². The Balaban J connectivity index is 4.12. The van der Waals surface area contributed by atoms with Crippen LogP contribution in [0.25, 0.3) is 0 Å². The van der Waals surface area contributed by atoms with Crippen LogP contribution in [-0.4, -0.2) is 43.6 Å². The summed E-state index contributed by atoms with van der Waals surface area (Å²) in [4.78, 5) is 11.7. The van der Waals surface area contributed by atoms with Gasteiger partial charge in [0.15, 0.2) is 9.84 Å². The monoisotopic (exact) mass is 265 g/mol. The molecule has 0 bridgehead atoms. The smallest absolute Gasteiger partial charge is 0.240 e. The fraction of sp³-hybridized carbons (Fsp3) is 0.909. The van der Waals surface area contributed by atoms with Crippen molar-refractivity contribution >= 4 is 15.7 Å². The van der Waals surface area contributed by atoms with Crippen LogP contribution in [0.3, 0.4) is 0 Å². The molecule has 0 radical (unpaired) electrons. The number of nitrogens with one attached hydrogen (secondary N) is 1. The van der Waals surface area contributed by atoms with Gasteiger partial charge in [-0.05, 0) is 32.6 Å². The average molecular weight is 265 g/mol. The van der Waals surface area contributed by atoms with Crippen molar-refractivity contribution in [3.63, 3.8) is 0 Å². The van der Waals surface area contributed by atoms with Crippen molar-refractivity contribution in [1.82, 2.24) is 5.32 Å². The summed E-state index contributed by atoms with van der Waals surface area (Å²) >= 11 is 0. The number of rotatable bonds is 7. The van der Waals surface area contributed by atoms with Crippen molar-refractivity contribution in [1.29, 1.82) is 0 Å². The molecule has 2 N–H and O–H groups in total. The highest BCUT2D eigenvalue weighted by molar-refractivity contribution is 7.92. The molecule has 0 saturated heterocycles. The first-order valence-corrected chi connectivity index (χ1v) is 7.60. The van der Waals surface area contributed by atoms with Gasteiger partial charge in [-0.25, -0.2) is 8.42 Å². The third-order valence-electron chi connectivity index (χ3n) is 2.94. The van der Waals surface area contributed by atoms with Gasteiger partial charge >= 0.3 is 0 Å². The van der Waals surface area contributed by atoms with E-state index in [1.807, 2.05) is 6.92 Å². The fourth-order valence-corrected chi connectivity index (χ4v) is 1.53. The van der Waals surface area contributed by atoms with E-state index < -0.39 is 20.5 Å². The number of sulfone groups is 1. The van der Waals surface area contributed by atoms with E-state index in [0.29, 0.717) is 6.54 Å². The molecule has 5 nitrogen and oxygen atoms in total. The zero-order valence-corrected chi connectivity index (χ0v) is 11.8. The molecule has 0 fully saturated rings. The molecule has 6 heteroatoms. The van der Waals surface area contributed by atoms with Crippen LogP contribution < -0.4 is 5.32 Å². The zero-order chi connectivity index (χ0) is 13.7. The maximum atomic E-state index is 11.7. The van der Waals surface area contributed by atoms with Gasteiger partial charge in [0.25, 0.3) is 0 Å². The van der Waals surface area contributed by atoms with Gasteiger partial charge in [0, 0.05) is 19.4 Å². The maximum absolute atomic E-state index is 11.7. The van der Waals surface area contributed by atoms with Gasteiger partial charge in [0.05, 0.1) is 0 Å². The fourth-order valence-electron chi connectivity index (χ4n) is 1.12. The van der Waals surface area contributed by atoms with E-state index >= 15 is 0 Å². The molecular formula is C11H23NO4S. The summed E-state index contributed by atoms with van der Waals surface area (Å²) in [5, 5.41) is 11.4. The molecular weight excluding hydrogens is 242 g/mol. The number of carbonyl (C=O) groups is 1. The number of hydrogen-bond donors (Lipinski definition) is 2. The van der Waals surface area contributed by atoms with Crippen LogP contribution >= 0.6 is 0 Å². The minimum Gasteiger partial charge on any atom is -0.396 e. The minimum atomic E-state index is -3.41. The second-order valence-corrected chi connectivity index (χ2v) is 7.53. The largest absolute Gasteiger partial charge is 0.396 e. The quantitative estimate of drug-likeness (QED) is 0.650. The van der Waals surface area contributed by atoms with Crippen LogP contribution in [0.4, 0.5) is 0 Å². The number of carbonyl (C=O) groups excluding carboxylic acids is 1. The van der Waals surface area contributed by atoms with Gasteiger partial charge in [0.2, 0.25) is 5.91 Å². The lowest BCUT2D eigenvalue weighted by Crippen LogP contribution is -2.47. The number of aliphatic hydroxyl groups is 1. The number of aliphatic hydroxyl groups excluding tert-OH is 1. The Bertz CT molecular complexity index is 348. The van der Waals surface area contributed by atoms with E-state index in [9.17, 15) is 13.2 Å². The van der Waals surface area contributed by atoms with Gasteiger partial charge < -0.3 is 10.4 Å². The van der Waals surface area contributed by atoms with Crippen LogP contribution in [0.15, 0.2) is 0 Å². The van der Waals surface area contributed by atoms with Crippen molar-refractivity contribution in [3.8, 4) is 0 Å². The van der Waals surface area contributed by atoms with E-state index in [0.717, 1.165) is 19.1 Å². The summed E-state index contributed by atoms with van der Waals surface area (Å²) in [7, 11) is -3.41. The molecule has 0 saturated carbocycles. The highest BCUT2D eigenvalue weighted by Gasteiger charge is 2.37. The van der Waals surface area contributed by atoms with E-state index in [4.69, 9.17) is 5.11 Å². The van der Waals surface area contributed by atoms with Crippen LogP contribution in [0.1, 0.15) is 33.6 Å². The molecule has 1 unspecified atom stereocenters. The van der Waals surface area contributed by atoms with Gasteiger partial charge in [-0.3, -0.25) is 4.79 Å². The average Bonchev–Trinajstić information content (AvgIpc) is 2.21. The van der Waals surface area contributed by atoms with E-state index in [-0.39, 0.29) is 12.5 Å². The van der Waals surface area contributed by atoms with Gasteiger partial charge in [-0.15, -0.1) is 0 Å². The summed E-state index contributed by atoms with van der Waals surface area (Å²) in [5.41, 5.74) is 0. The molecule has 0 aliphatic carbocycles. The van der Waals surface area contributed by atoms with Crippen LogP contribution in [0.5, 0.6) is 0 Å². The van der Waals surface area contributed by atoms with Crippen LogP contribution in [0, 0.1) is 5.92 Å². The molecule has 0 heterocycles. The number of amides is 1. The van der Waals surface area contributed by atoms with Crippen LogP contribution in [-0.2, 0) is 14.6 Å².